The van der Waals surface area contributed by atoms with E-state index in [1.807, 2.05) is 0 Å². The van der Waals surface area contributed by atoms with Crippen LogP contribution in [0.5, 0.6) is 0 Å². The van der Waals surface area contributed by atoms with Crippen molar-refractivity contribution < 1.29 is 23.4 Å². The zero-order valence-corrected chi connectivity index (χ0v) is 19.3. The van der Waals surface area contributed by atoms with E-state index >= 15 is 0 Å². The Balaban J connectivity index is 1.54. The van der Waals surface area contributed by atoms with Crippen LogP contribution in [0.25, 0.3) is 11.2 Å². The van der Waals surface area contributed by atoms with Gasteiger partial charge in [-0.2, -0.15) is 4.98 Å². The Morgan fingerprint density at radius 2 is 1.97 bits per heavy atom. The lowest BCUT2D eigenvalue weighted by molar-refractivity contribution is -0.122. The number of halogens is 3. The second-order valence-electron chi connectivity index (χ2n) is 8.81. The lowest BCUT2D eigenvalue weighted by Crippen LogP contribution is -2.32. The first-order valence-electron chi connectivity index (χ1n) is 11.3. The lowest BCUT2D eigenvalue weighted by atomic mass is 9.85. The molecule has 2 aliphatic rings. The van der Waals surface area contributed by atoms with Gasteiger partial charge >= 0.3 is 0 Å². The third-order valence-electron chi connectivity index (χ3n) is 6.54. The summed E-state index contributed by atoms with van der Waals surface area (Å²) >= 11 is 5.86. The number of amides is 1. The maximum Gasteiger partial charge on any atom is 0.225 e. The Bertz CT molecular complexity index is 1270. The molecule has 1 amide bonds. The average molecular weight is 508 g/mol. The fourth-order valence-corrected chi connectivity index (χ4v) is 4.77. The number of nitrogens with one attached hydrogen (secondary N) is 2. The summed E-state index contributed by atoms with van der Waals surface area (Å²) in [5.74, 6) is -1.91. The van der Waals surface area contributed by atoms with E-state index in [1.54, 1.807) is 4.57 Å². The molecule has 0 unspecified atom stereocenters. The van der Waals surface area contributed by atoms with E-state index in [0.29, 0.717) is 43.5 Å². The summed E-state index contributed by atoms with van der Waals surface area (Å²) in [5.41, 5.74) is 5.89. The number of anilines is 3. The van der Waals surface area contributed by atoms with E-state index < -0.39 is 23.4 Å². The molecule has 2 atom stereocenters. The number of benzene rings is 1. The number of aromatic nitrogens is 4. The summed E-state index contributed by atoms with van der Waals surface area (Å²) in [7, 11) is 0. The number of aliphatic hydroxyl groups is 1. The molecular weight excluding hydrogens is 484 g/mol. The number of hydrogen-bond donors (Lipinski definition) is 4. The summed E-state index contributed by atoms with van der Waals surface area (Å²) in [4.78, 5) is 25.0. The second-order valence-corrected chi connectivity index (χ2v) is 9.22. The Morgan fingerprint density at radius 3 is 2.66 bits per heavy atom. The molecule has 0 spiro atoms. The number of carbonyl (C=O) groups excluding carboxylic acids is 1. The number of primary amides is 1. The molecule has 5 rings (SSSR count). The smallest absolute Gasteiger partial charge is 0.225 e. The minimum Gasteiger partial charge on any atom is -0.388 e. The molecule has 2 aromatic heterocycles. The molecule has 186 valence electrons. The topological polar surface area (TPSA) is 140 Å². The van der Waals surface area contributed by atoms with Gasteiger partial charge in [-0.25, -0.2) is 18.7 Å². The molecule has 35 heavy (non-hydrogen) atoms. The normalized spacial score (nSPS) is 24.6. The van der Waals surface area contributed by atoms with Crippen LogP contribution in [0.1, 0.15) is 31.7 Å². The average Bonchev–Trinajstić information content (AvgIpc) is 3.41. The summed E-state index contributed by atoms with van der Waals surface area (Å²) in [6.45, 7) is 0.519. The SMILES string of the molecule is NC(=O)C1CCC(n2c(Nc3c(F)ccc(Cl)c3F)nc3cnc(N[C@H]4COC[C@@H]4O)nc32)CC1. The van der Waals surface area contributed by atoms with E-state index in [4.69, 9.17) is 22.1 Å². The van der Waals surface area contributed by atoms with E-state index in [0.717, 1.165) is 12.1 Å². The molecule has 1 aliphatic heterocycles. The molecule has 1 aromatic carbocycles. The third-order valence-corrected chi connectivity index (χ3v) is 6.83. The maximum absolute atomic E-state index is 14.6. The van der Waals surface area contributed by atoms with Crippen LogP contribution >= 0.6 is 11.6 Å². The minimum atomic E-state index is -0.939. The molecule has 5 N–H and O–H groups in total. The Kier molecular flexibility index (Phi) is 6.43. The summed E-state index contributed by atoms with van der Waals surface area (Å²) < 4.78 is 36.2. The van der Waals surface area contributed by atoms with Gasteiger partial charge in [-0.1, -0.05) is 11.6 Å². The third kappa shape index (κ3) is 4.60. The van der Waals surface area contributed by atoms with Crippen molar-refractivity contribution in [3.8, 4) is 0 Å². The molecule has 0 bridgehead atoms. The first-order valence-corrected chi connectivity index (χ1v) is 11.7. The van der Waals surface area contributed by atoms with Gasteiger partial charge in [0.15, 0.2) is 11.5 Å². The molecule has 10 nitrogen and oxygen atoms in total. The van der Waals surface area contributed by atoms with Crippen molar-refractivity contribution in [2.75, 3.05) is 23.8 Å². The van der Waals surface area contributed by atoms with Crippen LogP contribution in [0.15, 0.2) is 18.3 Å². The fraction of sp³-hybridized carbons (Fsp3) is 0.455. The predicted octanol–water partition coefficient (Wildman–Crippen LogP) is 2.89. The summed E-state index contributed by atoms with van der Waals surface area (Å²) in [5, 5.41) is 15.6. The van der Waals surface area contributed by atoms with Gasteiger partial charge in [0, 0.05) is 12.0 Å². The number of aliphatic hydroxyl groups excluding tert-OH is 1. The highest BCUT2D eigenvalue weighted by Crippen LogP contribution is 2.38. The van der Waals surface area contributed by atoms with E-state index in [2.05, 4.69) is 25.6 Å². The van der Waals surface area contributed by atoms with Crippen molar-refractivity contribution in [1.82, 2.24) is 19.5 Å². The van der Waals surface area contributed by atoms with Crippen LogP contribution in [0.2, 0.25) is 5.02 Å². The number of ether oxygens (including phenoxy) is 1. The van der Waals surface area contributed by atoms with Crippen molar-refractivity contribution in [1.29, 1.82) is 0 Å². The molecule has 1 saturated heterocycles. The monoisotopic (exact) mass is 507 g/mol. The zero-order valence-electron chi connectivity index (χ0n) is 18.5. The van der Waals surface area contributed by atoms with Gasteiger partial charge in [0.2, 0.25) is 17.8 Å². The quantitative estimate of drug-likeness (QED) is 0.373. The van der Waals surface area contributed by atoms with Crippen LogP contribution in [0.4, 0.5) is 26.4 Å². The Hall–Kier alpha value is -3.09. The van der Waals surface area contributed by atoms with Gasteiger partial charge in [0.25, 0.3) is 0 Å². The van der Waals surface area contributed by atoms with Crippen LogP contribution in [-0.2, 0) is 9.53 Å². The van der Waals surface area contributed by atoms with Crippen molar-refractivity contribution >= 4 is 46.3 Å². The predicted molar refractivity (Wildman–Crippen MR) is 124 cm³/mol. The molecule has 3 aromatic rings. The maximum atomic E-state index is 14.6. The zero-order chi connectivity index (χ0) is 24.7. The van der Waals surface area contributed by atoms with Crippen molar-refractivity contribution in [2.24, 2.45) is 11.7 Å². The number of nitrogens with two attached hydrogens (primary N) is 1. The number of carbonyl (C=O) groups is 1. The van der Waals surface area contributed by atoms with Gasteiger partial charge < -0.3 is 26.2 Å². The number of hydrogen-bond acceptors (Lipinski definition) is 8. The fourth-order valence-electron chi connectivity index (χ4n) is 4.61. The van der Waals surface area contributed by atoms with Crippen molar-refractivity contribution in [2.45, 2.75) is 43.9 Å². The molecule has 2 fully saturated rings. The molecule has 3 heterocycles. The highest BCUT2D eigenvalue weighted by molar-refractivity contribution is 6.31. The number of rotatable bonds is 6. The van der Waals surface area contributed by atoms with Crippen LogP contribution < -0.4 is 16.4 Å². The van der Waals surface area contributed by atoms with Gasteiger partial charge in [-0.15, -0.1) is 0 Å². The highest BCUT2D eigenvalue weighted by Gasteiger charge is 2.31. The molecule has 13 heteroatoms. The van der Waals surface area contributed by atoms with Crippen molar-refractivity contribution in [3.63, 3.8) is 0 Å². The molecule has 1 saturated carbocycles. The van der Waals surface area contributed by atoms with Crippen molar-refractivity contribution in [3.05, 3.63) is 35.0 Å². The van der Waals surface area contributed by atoms with Gasteiger partial charge in [-0.3, -0.25) is 9.36 Å². The van der Waals surface area contributed by atoms with Gasteiger partial charge in [0.1, 0.15) is 17.0 Å². The first-order chi connectivity index (χ1) is 16.8. The Morgan fingerprint density at radius 1 is 1.20 bits per heavy atom. The van der Waals surface area contributed by atoms with E-state index in [-0.39, 0.29) is 47.4 Å². The summed E-state index contributed by atoms with van der Waals surface area (Å²) in [6, 6.07) is 1.67. The van der Waals surface area contributed by atoms with Crippen LogP contribution in [-0.4, -0.2) is 55.9 Å². The lowest BCUT2D eigenvalue weighted by Gasteiger charge is -2.29. The second kappa shape index (κ2) is 9.51. The largest absolute Gasteiger partial charge is 0.388 e. The first kappa shape index (κ1) is 23.6. The molecule has 0 radical (unpaired) electrons. The molecule has 1 aliphatic carbocycles. The number of imidazole rings is 1. The van der Waals surface area contributed by atoms with Crippen LogP contribution in [0.3, 0.4) is 0 Å². The van der Waals surface area contributed by atoms with E-state index in [1.165, 1.54) is 6.20 Å². The number of nitrogens with zero attached hydrogens (tertiary/aromatic N) is 4. The minimum absolute atomic E-state index is 0.161. The number of fused-ring (bicyclic) bond motifs is 1. The summed E-state index contributed by atoms with van der Waals surface area (Å²) in [6.07, 6.45) is 3.12. The Labute approximate surface area is 203 Å². The van der Waals surface area contributed by atoms with Crippen LogP contribution in [0, 0.1) is 17.6 Å². The standard InChI is InChI=1S/C22H24ClF2N7O3/c23-12-5-6-13(24)18(17(12)25)30-22-29-14-7-27-21(28-15-8-35-9-16(15)33)31-20(14)32(22)11-3-1-10(2-4-11)19(26)34/h5-7,10-11,15-16,33H,1-4,8-9H2,(H2,26,34)(H,29,30)(H,27,28,31)/t10?,11?,15-,16-/m0/s1. The molecular formula is C22H24ClF2N7O3. The van der Waals surface area contributed by atoms with E-state index in [9.17, 15) is 18.7 Å². The van der Waals surface area contributed by atoms with Gasteiger partial charge in [0.05, 0.1) is 36.6 Å². The van der Waals surface area contributed by atoms with Gasteiger partial charge in [-0.05, 0) is 37.8 Å². The highest BCUT2D eigenvalue weighted by atomic mass is 35.5.